The van der Waals surface area contributed by atoms with Gasteiger partial charge in [-0.3, -0.25) is 10.1 Å². The summed E-state index contributed by atoms with van der Waals surface area (Å²) in [5.41, 5.74) is 0.170. The van der Waals surface area contributed by atoms with Gasteiger partial charge in [0.05, 0.1) is 23.1 Å². The molecular weight excluding hydrogens is 298 g/mol. The monoisotopic (exact) mass is 310 g/mol. The quantitative estimate of drug-likeness (QED) is 0.674. The van der Waals surface area contributed by atoms with Crippen LogP contribution in [0.3, 0.4) is 0 Å². The molecule has 0 fully saturated rings. The molecule has 0 bridgehead atoms. The molecule has 0 saturated carbocycles. The lowest BCUT2D eigenvalue weighted by atomic mass is 9.94. The largest absolute Gasteiger partial charge is 0.373 e. The molecule has 21 heavy (non-hydrogen) atoms. The number of hydrogen-bond acceptors (Lipinski definition) is 4. The van der Waals surface area contributed by atoms with Gasteiger partial charge < -0.3 is 5.32 Å². The highest BCUT2D eigenvalue weighted by molar-refractivity contribution is 7.10. The lowest BCUT2D eigenvalue weighted by Crippen LogP contribution is -2.17. The Balaban J connectivity index is 1.92. The van der Waals surface area contributed by atoms with Crippen LogP contribution in [0.25, 0.3) is 0 Å². The van der Waals surface area contributed by atoms with Crippen LogP contribution in [0.15, 0.2) is 23.6 Å². The van der Waals surface area contributed by atoms with E-state index in [-0.39, 0.29) is 11.7 Å². The van der Waals surface area contributed by atoms with E-state index in [9.17, 15) is 18.9 Å². The van der Waals surface area contributed by atoms with Crippen molar-refractivity contribution in [1.29, 1.82) is 0 Å². The van der Waals surface area contributed by atoms with E-state index in [0.717, 1.165) is 37.0 Å². The number of nitro groups is 1. The summed E-state index contributed by atoms with van der Waals surface area (Å²) in [6, 6.07) is 3.27. The van der Waals surface area contributed by atoms with Gasteiger partial charge in [0.25, 0.3) is 5.69 Å². The lowest BCUT2D eigenvalue weighted by molar-refractivity contribution is -0.385. The molecule has 7 heteroatoms. The number of halogens is 2. The molecule has 1 heterocycles. The number of nitrogens with one attached hydrogen (secondary N) is 1. The number of rotatable bonds is 3. The molecule has 1 atom stereocenters. The molecule has 0 saturated heterocycles. The third-order valence-electron chi connectivity index (χ3n) is 3.61. The van der Waals surface area contributed by atoms with Crippen LogP contribution in [0.2, 0.25) is 0 Å². The molecule has 1 unspecified atom stereocenters. The molecule has 1 aliphatic carbocycles. The molecule has 2 aromatic rings. The highest BCUT2D eigenvalue weighted by Crippen LogP contribution is 2.37. The van der Waals surface area contributed by atoms with Gasteiger partial charge in [0.1, 0.15) is 5.69 Å². The number of non-ortho nitro benzene ring substituents is 1. The normalized spacial score (nSPS) is 17.3. The molecule has 0 radical (unpaired) electrons. The average Bonchev–Trinajstić information content (AvgIpc) is 2.91. The zero-order valence-corrected chi connectivity index (χ0v) is 11.8. The Morgan fingerprint density at radius 2 is 2.05 bits per heavy atom. The van der Waals surface area contributed by atoms with Crippen LogP contribution in [0.5, 0.6) is 0 Å². The second kappa shape index (κ2) is 5.40. The van der Waals surface area contributed by atoms with Crippen molar-refractivity contribution >= 4 is 22.7 Å². The second-order valence-electron chi connectivity index (χ2n) is 4.93. The summed E-state index contributed by atoms with van der Waals surface area (Å²) in [6.45, 7) is 0. The minimum Gasteiger partial charge on any atom is -0.373 e. The van der Waals surface area contributed by atoms with Crippen LogP contribution in [-0.4, -0.2) is 4.92 Å². The molecule has 4 nitrogen and oxygen atoms in total. The standard InChI is InChI=1S/C14H12F2N2O2S/c15-10-6-8(18(19)20)7-11(16)14(10)17-12-2-1-3-13-9(12)4-5-21-13/h4-7,12,17H,1-3H2. The van der Waals surface area contributed by atoms with Gasteiger partial charge in [0.15, 0.2) is 11.6 Å². The molecule has 3 rings (SSSR count). The Morgan fingerprint density at radius 3 is 2.71 bits per heavy atom. The zero-order valence-electron chi connectivity index (χ0n) is 10.9. The molecule has 1 aliphatic rings. The summed E-state index contributed by atoms with van der Waals surface area (Å²) in [5.74, 6) is -1.88. The van der Waals surface area contributed by atoms with Crippen molar-refractivity contribution in [2.24, 2.45) is 0 Å². The van der Waals surface area contributed by atoms with Crippen molar-refractivity contribution in [3.05, 3.63) is 55.8 Å². The Bertz CT molecular complexity index is 679. The highest BCUT2D eigenvalue weighted by atomic mass is 32.1. The van der Waals surface area contributed by atoms with Crippen molar-refractivity contribution < 1.29 is 13.7 Å². The third-order valence-corrected chi connectivity index (χ3v) is 4.60. The van der Waals surface area contributed by atoms with Crippen LogP contribution in [0, 0.1) is 21.7 Å². The maximum absolute atomic E-state index is 13.9. The van der Waals surface area contributed by atoms with Gasteiger partial charge >= 0.3 is 0 Å². The Labute approximate surface area is 123 Å². The van der Waals surface area contributed by atoms with Gasteiger partial charge in [-0.1, -0.05) is 0 Å². The van der Waals surface area contributed by atoms with Crippen molar-refractivity contribution in [2.45, 2.75) is 25.3 Å². The summed E-state index contributed by atoms with van der Waals surface area (Å²) in [5, 5.41) is 15.4. The first-order chi connectivity index (χ1) is 10.1. The Morgan fingerprint density at radius 1 is 1.33 bits per heavy atom. The van der Waals surface area contributed by atoms with Crippen LogP contribution in [0.4, 0.5) is 20.2 Å². The van der Waals surface area contributed by atoms with Crippen molar-refractivity contribution in [2.75, 3.05) is 5.32 Å². The first-order valence-electron chi connectivity index (χ1n) is 6.52. The van der Waals surface area contributed by atoms with E-state index in [1.54, 1.807) is 11.3 Å². The minimum atomic E-state index is -0.941. The van der Waals surface area contributed by atoms with Crippen LogP contribution < -0.4 is 5.32 Å². The Kier molecular flexibility index (Phi) is 3.59. The van der Waals surface area contributed by atoms with Gasteiger partial charge in [-0.2, -0.15) is 0 Å². The average molecular weight is 310 g/mol. The second-order valence-corrected chi connectivity index (χ2v) is 5.93. The minimum absolute atomic E-state index is 0.162. The lowest BCUT2D eigenvalue weighted by Gasteiger charge is -2.25. The van der Waals surface area contributed by atoms with E-state index >= 15 is 0 Å². The number of fused-ring (bicyclic) bond motifs is 1. The van der Waals surface area contributed by atoms with E-state index in [1.807, 2.05) is 11.4 Å². The first-order valence-corrected chi connectivity index (χ1v) is 7.40. The van der Waals surface area contributed by atoms with Crippen LogP contribution >= 0.6 is 11.3 Å². The van der Waals surface area contributed by atoms with E-state index in [0.29, 0.717) is 0 Å². The molecule has 110 valence electrons. The summed E-state index contributed by atoms with van der Waals surface area (Å²) in [6.07, 6.45) is 2.71. The molecule has 1 N–H and O–H groups in total. The highest BCUT2D eigenvalue weighted by Gasteiger charge is 2.24. The maximum Gasteiger partial charge on any atom is 0.275 e. The first kappa shape index (κ1) is 13.9. The predicted molar refractivity (Wildman–Crippen MR) is 76.6 cm³/mol. The smallest absolute Gasteiger partial charge is 0.275 e. The van der Waals surface area contributed by atoms with Crippen LogP contribution in [0.1, 0.15) is 29.3 Å². The van der Waals surface area contributed by atoms with E-state index in [2.05, 4.69) is 5.32 Å². The van der Waals surface area contributed by atoms with Crippen molar-refractivity contribution in [1.82, 2.24) is 0 Å². The van der Waals surface area contributed by atoms with Crippen LogP contribution in [-0.2, 0) is 6.42 Å². The number of nitro benzene ring substituents is 1. The third kappa shape index (κ3) is 2.61. The number of benzene rings is 1. The van der Waals surface area contributed by atoms with Gasteiger partial charge in [-0.25, -0.2) is 8.78 Å². The SMILES string of the molecule is O=[N+]([O-])c1cc(F)c(NC2CCCc3sccc32)c(F)c1. The summed E-state index contributed by atoms with van der Waals surface area (Å²) in [4.78, 5) is 11.0. The Hall–Kier alpha value is -2.02. The van der Waals surface area contributed by atoms with Crippen molar-refractivity contribution in [3.63, 3.8) is 0 Å². The van der Waals surface area contributed by atoms with Gasteiger partial charge in [-0.05, 0) is 36.3 Å². The fourth-order valence-electron chi connectivity index (χ4n) is 2.61. The molecule has 0 aliphatic heterocycles. The fraction of sp³-hybridized carbons (Fsp3) is 0.286. The number of nitrogens with zero attached hydrogens (tertiary/aromatic N) is 1. The molecule has 0 amide bonds. The summed E-state index contributed by atoms with van der Waals surface area (Å²) >= 11 is 1.64. The summed E-state index contributed by atoms with van der Waals surface area (Å²) < 4.78 is 27.8. The van der Waals surface area contributed by atoms with E-state index in [4.69, 9.17) is 0 Å². The number of aryl methyl sites for hydroxylation is 1. The number of hydrogen-bond donors (Lipinski definition) is 1. The molecular formula is C14H12F2N2O2S. The number of thiophene rings is 1. The molecule has 1 aromatic heterocycles. The fourth-order valence-corrected chi connectivity index (χ4v) is 3.60. The van der Waals surface area contributed by atoms with Gasteiger partial charge in [0, 0.05) is 4.88 Å². The van der Waals surface area contributed by atoms with E-state index in [1.165, 1.54) is 4.88 Å². The molecule has 1 aromatic carbocycles. The number of anilines is 1. The predicted octanol–water partition coefficient (Wildman–Crippen LogP) is 4.42. The van der Waals surface area contributed by atoms with Crippen molar-refractivity contribution in [3.8, 4) is 0 Å². The van der Waals surface area contributed by atoms with Gasteiger partial charge in [0.2, 0.25) is 0 Å². The topological polar surface area (TPSA) is 55.2 Å². The summed E-state index contributed by atoms with van der Waals surface area (Å²) in [7, 11) is 0. The van der Waals surface area contributed by atoms with Gasteiger partial charge in [-0.15, -0.1) is 11.3 Å². The van der Waals surface area contributed by atoms with E-state index < -0.39 is 22.2 Å². The zero-order chi connectivity index (χ0) is 15.0. The molecule has 0 spiro atoms. The maximum atomic E-state index is 13.9.